The molecule has 4 aromatic rings. The summed E-state index contributed by atoms with van der Waals surface area (Å²) in [5.41, 5.74) is 5.19. The lowest BCUT2D eigenvalue weighted by atomic mass is 10.0. The Balaban J connectivity index is 1.47. The Morgan fingerprint density at radius 2 is 1.59 bits per heavy atom. The quantitative estimate of drug-likeness (QED) is 0.255. The van der Waals surface area contributed by atoms with E-state index in [1.54, 1.807) is 36.7 Å². The summed E-state index contributed by atoms with van der Waals surface area (Å²) in [6.45, 7) is 6.35. The van der Waals surface area contributed by atoms with Crippen LogP contribution in [0.4, 0.5) is 5.69 Å². The topological polar surface area (TPSA) is 76.3 Å². The third-order valence-corrected chi connectivity index (χ3v) is 8.23. The lowest BCUT2D eigenvalue weighted by Gasteiger charge is -2.21. The van der Waals surface area contributed by atoms with Crippen LogP contribution in [-0.4, -0.2) is 38.9 Å². The molecule has 0 saturated carbocycles. The number of para-hydroxylation sites is 1. The summed E-state index contributed by atoms with van der Waals surface area (Å²) in [5.74, 6) is -0.384. The van der Waals surface area contributed by atoms with Crippen molar-refractivity contribution in [2.45, 2.75) is 32.2 Å². The number of nitrogens with one attached hydrogen (secondary N) is 1. The fraction of sp³-hybridized carbons (Fsp3) is 0.233. The van der Waals surface area contributed by atoms with Gasteiger partial charge in [0.1, 0.15) is 5.69 Å². The molecule has 1 aromatic heterocycles. The van der Waals surface area contributed by atoms with Gasteiger partial charge in [0.15, 0.2) is 0 Å². The van der Waals surface area contributed by atoms with Crippen molar-refractivity contribution in [1.82, 2.24) is 14.3 Å². The predicted molar refractivity (Wildman–Crippen MR) is 161 cm³/mol. The van der Waals surface area contributed by atoms with Gasteiger partial charge in [0.05, 0.1) is 22.7 Å². The van der Waals surface area contributed by atoms with E-state index in [9.17, 15) is 14.4 Å². The van der Waals surface area contributed by atoms with Crippen molar-refractivity contribution < 1.29 is 9.59 Å². The van der Waals surface area contributed by atoms with E-state index < -0.39 is 0 Å². The second kappa shape index (κ2) is 12.1. The molecule has 1 heterocycles. The molecule has 0 saturated heterocycles. The van der Waals surface area contributed by atoms with Gasteiger partial charge in [-0.05, 0) is 73.9 Å². The Bertz CT molecular complexity index is 1570. The number of thioether (sulfide) groups is 1. The monoisotopic (exact) mass is 606 g/mol. The summed E-state index contributed by atoms with van der Waals surface area (Å²) in [6, 6.07) is 20.7. The number of hydrogen-bond acceptors (Lipinski definition) is 4. The van der Waals surface area contributed by atoms with Crippen LogP contribution in [0.15, 0.2) is 80.9 Å². The second-order valence-electron chi connectivity index (χ2n) is 9.45. The first kappa shape index (κ1) is 28.4. The molecule has 0 unspecified atom stereocenters. The lowest BCUT2D eigenvalue weighted by Crippen LogP contribution is -2.27. The molecule has 0 spiro atoms. The summed E-state index contributed by atoms with van der Waals surface area (Å²) in [5, 5.41) is 2.79. The molecule has 0 aliphatic rings. The number of benzene rings is 3. The van der Waals surface area contributed by atoms with E-state index >= 15 is 0 Å². The number of rotatable bonds is 8. The number of aryl methyl sites for hydroxylation is 2. The molecule has 2 amide bonds. The van der Waals surface area contributed by atoms with Gasteiger partial charge in [0.25, 0.3) is 11.5 Å². The second-order valence-corrected chi connectivity index (χ2v) is 11.4. The highest BCUT2D eigenvalue weighted by atomic mass is 79.9. The van der Waals surface area contributed by atoms with Crippen LogP contribution in [0.3, 0.4) is 0 Å². The Morgan fingerprint density at radius 1 is 0.974 bits per heavy atom. The minimum atomic E-state index is -0.317. The number of halogens is 1. The number of amides is 2. The minimum absolute atomic E-state index is 0.0536. The number of nitrogens with zero attached hydrogens (tertiary/aromatic N) is 3. The Kier molecular flexibility index (Phi) is 8.82. The fourth-order valence-corrected chi connectivity index (χ4v) is 6.04. The SMILES string of the molecule is Cc1cc(Br)cc(C)c1CN(C)C(=O)c1ccccc1SCC(=O)Nc1c(C)n(C)n(-c2ccccc2)c1=O. The molecule has 0 bridgehead atoms. The standard InChI is InChI=1S/C30H31BrN4O3S/c1-19-15-22(31)16-20(2)25(19)17-33(4)29(37)24-13-9-10-14-26(24)39-18-27(36)32-28-21(3)34(5)35(30(28)38)23-11-7-6-8-12-23/h6-16H,17-18H2,1-5H3,(H,32,36). The van der Waals surface area contributed by atoms with Crippen molar-refractivity contribution in [3.63, 3.8) is 0 Å². The summed E-state index contributed by atoms with van der Waals surface area (Å²) in [4.78, 5) is 41.9. The Hall–Kier alpha value is -3.56. The molecule has 0 fully saturated rings. The van der Waals surface area contributed by atoms with Crippen LogP contribution in [0.25, 0.3) is 5.69 Å². The van der Waals surface area contributed by atoms with Gasteiger partial charge in [-0.2, -0.15) is 0 Å². The van der Waals surface area contributed by atoms with Gasteiger partial charge >= 0.3 is 0 Å². The van der Waals surface area contributed by atoms with Gasteiger partial charge in [-0.25, -0.2) is 4.68 Å². The van der Waals surface area contributed by atoms with Crippen LogP contribution in [0.5, 0.6) is 0 Å². The molecule has 7 nitrogen and oxygen atoms in total. The number of carbonyl (C=O) groups is 2. The average Bonchev–Trinajstić information content (AvgIpc) is 3.12. The maximum absolute atomic E-state index is 13.4. The van der Waals surface area contributed by atoms with Crippen molar-refractivity contribution in [1.29, 1.82) is 0 Å². The van der Waals surface area contributed by atoms with E-state index in [2.05, 4.69) is 21.2 Å². The van der Waals surface area contributed by atoms with Gasteiger partial charge in [-0.1, -0.05) is 46.3 Å². The van der Waals surface area contributed by atoms with Gasteiger partial charge in [0.2, 0.25) is 5.91 Å². The number of anilines is 1. The molecule has 0 atom stereocenters. The molecular weight excluding hydrogens is 576 g/mol. The summed E-state index contributed by atoms with van der Waals surface area (Å²) in [7, 11) is 3.57. The third kappa shape index (κ3) is 6.20. The molecule has 3 aromatic carbocycles. The maximum atomic E-state index is 13.4. The number of hydrogen-bond donors (Lipinski definition) is 1. The van der Waals surface area contributed by atoms with E-state index in [-0.39, 0.29) is 28.8 Å². The molecular formula is C30H31BrN4O3S. The molecule has 0 radical (unpaired) electrons. The molecule has 9 heteroatoms. The van der Waals surface area contributed by atoms with Crippen LogP contribution < -0.4 is 10.9 Å². The molecule has 39 heavy (non-hydrogen) atoms. The minimum Gasteiger partial charge on any atom is -0.337 e. The maximum Gasteiger partial charge on any atom is 0.295 e. The van der Waals surface area contributed by atoms with E-state index in [1.807, 2.05) is 74.5 Å². The molecule has 1 N–H and O–H groups in total. The van der Waals surface area contributed by atoms with Crippen LogP contribution in [-0.2, 0) is 18.4 Å². The number of aromatic nitrogens is 2. The smallest absolute Gasteiger partial charge is 0.295 e. The lowest BCUT2D eigenvalue weighted by molar-refractivity contribution is -0.113. The molecule has 0 aliphatic heterocycles. The van der Waals surface area contributed by atoms with Gasteiger partial charge in [-0.15, -0.1) is 11.8 Å². The van der Waals surface area contributed by atoms with Crippen molar-refractivity contribution in [3.8, 4) is 5.69 Å². The largest absolute Gasteiger partial charge is 0.337 e. The Morgan fingerprint density at radius 3 is 2.26 bits per heavy atom. The van der Waals surface area contributed by atoms with Crippen LogP contribution in [0.2, 0.25) is 0 Å². The molecule has 202 valence electrons. The highest BCUT2D eigenvalue weighted by molar-refractivity contribution is 9.10. The van der Waals surface area contributed by atoms with Crippen molar-refractivity contribution >= 4 is 45.2 Å². The number of carbonyl (C=O) groups excluding carboxylic acids is 2. The first-order valence-corrected chi connectivity index (χ1v) is 14.2. The van der Waals surface area contributed by atoms with Crippen LogP contribution >= 0.6 is 27.7 Å². The van der Waals surface area contributed by atoms with Gasteiger partial charge < -0.3 is 10.2 Å². The normalized spacial score (nSPS) is 10.9. The van der Waals surface area contributed by atoms with Gasteiger partial charge in [0, 0.05) is 30.0 Å². The third-order valence-electron chi connectivity index (χ3n) is 6.70. The van der Waals surface area contributed by atoms with E-state index in [0.717, 1.165) is 21.2 Å². The summed E-state index contributed by atoms with van der Waals surface area (Å²) >= 11 is 4.80. The van der Waals surface area contributed by atoms with Crippen LogP contribution in [0, 0.1) is 20.8 Å². The van der Waals surface area contributed by atoms with E-state index in [4.69, 9.17) is 0 Å². The van der Waals surface area contributed by atoms with Crippen molar-refractivity contribution in [2.24, 2.45) is 7.05 Å². The average molecular weight is 608 g/mol. The summed E-state index contributed by atoms with van der Waals surface area (Å²) in [6.07, 6.45) is 0. The molecule has 4 rings (SSSR count). The fourth-order valence-electron chi connectivity index (χ4n) is 4.50. The molecule has 0 aliphatic carbocycles. The Labute approximate surface area is 240 Å². The first-order chi connectivity index (χ1) is 18.6. The summed E-state index contributed by atoms with van der Waals surface area (Å²) < 4.78 is 4.26. The highest BCUT2D eigenvalue weighted by Gasteiger charge is 2.21. The predicted octanol–water partition coefficient (Wildman–Crippen LogP) is 5.87. The van der Waals surface area contributed by atoms with Crippen LogP contribution in [0.1, 0.15) is 32.7 Å². The highest BCUT2D eigenvalue weighted by Crippen LogP contribution is 2.26. The van der Waals surface area contributed by atoms with Crippen molar-refractivity contribution in [3.05, 3.63) is 110 Å². The van der Waals surface area contributed by atoms with E-state index in [0.29, 0.717) is 28.4 Å². The van der Waals surface area contributed by atoms with E-state index in [1.165, 1.54) is 16.4 Å². The zero-order valence-corrected chi connectivity index (χ0v) is 25.0. The zero-order valence-electron chi connectivity index (χ0n) is 22.6. The zero-order chi connectivity index (χ0) is 28.3. The first-order valence-electron chi connectivity index (χ1n) is 12.4. The van der Waals surface area contributed by atoms with Crippen molar-refractivity contribution in [2.75, 3.05) is 18.1 Å². The van der Waals surface area contributed by atoms with Gasteiger partial charge in [-0.3, -0.25) is 19.1 Å².